The topological polar surface area (TPSA) is 52.2 Å². The number of hydrogen-bond acceptors (Lipinski definition) is 3. The first-order valence-electron chi connectivity index (χ1n) is 7.38. The number of halogens is 2. The normalized spacial score (nSPS) is 21.1. The Hall–Kier alpha value is -1.79. The minimum atomic E-state index is -0.602. The number of nitrogens with zero attached hydrogens (tertiary/aromatic N) is 2. The first-order valence-corrected chi connectivity index (χ1v) is 7.38. The second-order valence-electron chi connectivity index (χ2n) is 6.05. The van der Waals surface area contributed by atoms with Crippen LogP contribution in [0.15, 0.2) is 24.4 Å². The van der Waals surface area contributed by atoms with Crippen molar-refractivity contribution >= 4 is 0 Å². The van der Waals surface area contributed by atoms with Gasteiger partial charge in [0.25, 0.3) is 0 Å². The van der Waals surface area contributed by atoms with Crippen molar-refractivity contribution in [3.63, 3.8) is 0 Å². The number of aliphatic hydroxyl groups excluding tert-OH is 1. The van der Waals surface area contributed by atoms with Crippen molar-refractivity contribution in [2.45, 2.75) is 25.5 Å². The van der Waals surface area contributed by atoms with Crippen molar-refractivity contribution in [3.05, 3.63) is 41.6 Å². The van der Waals surface area contributed by atoms with E-state index in [0.717, 1.165) is 24.9 Å². The van der Waals surface area contributed by atoms with Crippen LogP contribution in [0, 0.1) is 17.6 Å². The SMILES string of the molecule is CN(Cc1cn[nH]c1-c1c(F)cccc1F)CC1CC(O)C1. The summed E-state index contributed by atoms with van der Waals surface area (Å²) in [6.45, 7) is 1.40. The molecule has 0 radical (unpaired) electrons. The van der Waals surface area contributed by atoms with Gasteiger partial charge < -0.3 is 10.0 Å². The fourth-order valence-electron chi connectivity index (χ4n) is 3.03. The van der Waals surface area contributed by atoms with Gasteiger partial charge in [-0.2, -0.15) is 5.10 Å². The van der Waals surface area contributed by atoms with E-state index in [2.05, 4.69) is 15.1 Å². The zero-order chi connectivity index (χ0) is 15.7. The molecule has 2 aromatic rings. The first-order chi connectivity index (χ1) is 10.5. The van der Waals surface area contributed by atoms with Crippen LogP contribution in [0.2, 0.25) is 0 Å². The molecule has 0 aliphatic heterocycles. The quantitative estimate of drug-likeness (QED) is 0.892. The molecule has 22 heavy (non-hydrogen) atoms. The van der Waals surface area contributed by atoms with Crippen LogP contribution in [0.1, 0.15) is 18.4 Å². The Labute approximate surface area is 127 Å². The summed E-state index contributed by atoms with van der Waals surface area (Å²) in [5.74, 6) is -0.717. The minimum Gasteiger partial charge on any atom is -0.393 e. The number of rotatable bonds is 5. The van der Waals surface area contributed by atoms with Gasteiger partial charge in [-0.25, -0.2) is 8.78 Å². The molecular formula is C16H19F2N3O. The maximum atomic E-state index is 13.9. The van der Waals surface area contributed by atoms with Crippen LogP contribution in [0.4, 0.5) is 8.78 Å². The van der Waals surface area contributed by atoms with E-state index in [4.69, 9.17) is 0 Å². The van der Waals surface area contributed by atoms with E-state index in [1.165, 1.54) is 18.2 Å². The Balaban J connectivity index is 1.75. The van der Waals surface area contributed by atoms with Gasteiger partial charge in [0, 0.05) is 18.7 Å². The number of aliphatic hydroxyl groups is 1. The highest BCUT2D eigenvalue weighted by atomic mass is 19.1. The predicted octanol–water partition coefficient (Wildman–Crippen LogP) is 2.56. The van der Waals surface area contributed by atoms with E-state index >= 15 is 0 Å². The van der Waals surface area contributed by atoms with Gasteiger partial charge in [0.2, 0.25) is 0 Å². The van der Waals surface area contributed by atoms with Crippen LogP contribution >= 0.6 is 0 Å². The summed E-state index contributed by atoms with van der Waals surface area (Å²) in [6.07, 6.45) is 3.08. The van der Waals surface area contributed by atoms with E-state index in [1.54, 1.807) is 6.20 Å². The first kappa shape index (κ1) is 15.1. The molecule has 1 aromatic heterocycles. The van der Waals surface area contributed by atoms with E-state index in [1.807, 2.05) is 7.05 Å². The molecule has 0 spiro atoms. The molecule has 0 saturated heterocycles. The molecule has 4 nitrogen and oxygen atoms in total. The Morgan fingerprint density at radius 2 is 2.00 bits per heavy atom. The van der Waals surface area contributed by atoms with Gasteiger partial charge in [-0.3, -0.25) is 5.10 Å². The summed E-state index contributed by atoms with van der Waals surface area (Å²) in [5.41, 5.74) is 1.07. The van der Waals surface area contributed by atoms with Gasteiger partial charge in [0.05, 0.1) is 23.6 Å². The third-order valence-electron chi connectivity index (χ3n) is 4.15. The zero-order valence-electron chi connectivity index (χ0n) is 12.4. The van der Waals surface area contributed by atoms with Gasteiger partial charge >= 0.3 is 0 Å². The second kappa shape index (κ2) is 6.14. The Bertz CT molecular complexity index is 632. The molecule has 0 atom stereocenters. The number of nitrogens with one attached hydrogen (secondary N) is 1. The average molecular weight is 307 g/mol. The maximum Gasteiger partial charge on any atom is 0.135 e. The van der Waals surface area contributed by atoms with Crippen LogP contribution in [0.25, 0.3) is 11.3 Å². The lowest BCUT2D eigenvalue weighted by Gasteiger charge is -2.34. The summed E-state index contributed by atoms with van der Waals surface area (Å²) in [7, 11) is 1.96. The number of hydrogen-bond donors (Lipinski definition) is 2. The number of benzene rings is 1. The monoisotopic (exact) mass is 307 g/mol. The number of H-pyrrole nitrogens is 1. The summed E-state index contributed by atoms with van der Waals surface area (Å²) < 4.78 is 27.8. The van der Waals surface area contributed by atoms with Crippen LogP contribution in [0.5, 0.6) is 0 Å². The van der Waals surface area contributed by atoms with Crippen LogP contribution < -0.4 is 0 Å². The summed E-state index contributed by atoms with van der Waals surface area (Å²) in [6, 6.07) is 3.82. The molecule has 3 rings (SSSR count). The number of aromatic nitrogens is 2. The molecule has 1 aliphatic rings. The molecule has 1 aliphatic carbocycles. The van der Waals surface area contributed by atoms with Crippen LogP contribution in [-0.4, -0.2) is 39.9 Å². The molecule has 1 saturated carbocycles. The lowest BCUT2D eigenvalue weighted by Crippen LogP contribution is -2.36. The highest BCUT2D eigenvalue weighted by molar-refractivity contribution is 5.64. The van der Waals surface area contributed by atoms with Crippen molar-refractivity contribution < 1.29 is 13.9 Å². The molecule has 118 valence electrons. The second-order valence-corrected chi connectivity index (χ2v) is 6.05. The zero-order valence-corrected chi connectivity index (χ0v) is 12.4. The van der Waals surface area contributed by atoms with Crippen molar-refractivity contribution in [1.29, 1.82) is 0 Å². The van der Waals surface area contributed by atoms with Crippen molar-refractivity contribution in [1.82, 2.24) is 15.1 Å². The molecule has 1 fully saturated rings. The molecule has 1 heterocycles. The Morgan fingerprint density at radius 1 is 1.32 bits per heavy atom. The predicted molar refractivity (Wildman–Crippen MR) is 79.0 cm³/mol. The van der Waals surface area contributed by atoms with E-state index in [0.29, 0.717) is 18.2 Å². The third-order valence-corrected chi connectivity index (χ3v) is 4.15. The maximum absolute atomic E-state index is 13.9. The number of aromatic amines is 1. The van der Waals surface area contributed by atoms with Crippen molar-refractivity contribution in [3.8, 4) is 11.3 Å². The standard InChI is InChI=1S/C16H19F2N3O/c1-21(8-10-5-12(22)6-10)9-11-7-19-20-16(11)15-13(17)3-2-4-14(15)18/h2-4,7,10,12,22H,5-6,8-9H2,1H3,(H,19,20). The molecule has 6 heteroatoms. The highest BCUT2D eigenvalue weighted by Gasteiger charge is 2.28. The highest BCUT2D eigenvalue weighted by Crippen LogP contribution is 2.30. The molecule has 2 N–H and O–H groups in total. The van der Waals surface area contributed by atoms with Gasteiger partial charge in [-0.15, -0.1) is 0 Å². The molecule has 0 bridgehead atoms. The smallest absolute Gasteiger partial charge is 0.135 e. The van der Waals surface area contributed by atoms with Gasteiger partial charge in [-0.1, -0.05) is 6.07 Å². The summed E-state index contributed by atoms with van der Waals surface area (Å²) in [4.78, 5) is 2.09. The van der Waals surface area contributed by atoms with Crippen molar-refractivity contribution in [2.75, 3.05) is 13.6 Å². The molecule has 0 unspecified atom stereocenters. The lowest BCUT2D eigenvalue weighted by molar-refractivity contribution is 0.0274. The van der Waals surface area contributed by atoms with E-state index in [-0.39, 0.29) is 11.7 Å². The van der Waals surface area contributed by atoms with Crippen molar-refractivity contribution in [2.24, 2.45) is 5.92 Å². The average Bonchev–Trinajstić information content (AvgIpc) is 2.85. The fourth-order valence-corrected chi connectivity index (χ4v) is 3.03. The largest absolute Gasteiger partial charge is 0.393 e. The van der Waals surface area contributed by atoms with Crippen LogP contribution in [0.3, 0.4) is 0 Å². The third kappa shape index (κ3) is 3.03. The van der Waals surface area contributed by atoms with Crippen LogP contribution in [-0.2, 0) is 6.54 Å². The molecular weight excluding hydrogens is 288 g/mol. The Kier molecular flexibility index (Phi) is 4.22. The van der Waals surface area contributed by atoms with Gasteiger partial charge in [0.1, 0.15) is 11.6 Å². The van der Waals surface area contributed by atoms with E-state index < -0.39 is 11.6 Å². The van der Waals surface area contributed by atoms with E-state index in [9.17, 15) is 13.9 Å². The molecule has 0 amide bonds. The Morgan fingerprint density at radius 3 is 2.64 bits per heavy atom. The lowest BCUT2D eigenvalue weighted by atomic mass is 9.82. The minimum absolute atomic E-state index is 0.0672. The molecule has 1 aromatic carbocycles. The fraction of sp³-hybridized carbons (Fsp3) is 0.438. The van der Waals surface area contributed by atoms with Gasteiger partial charge in [0.15, 0.2) is 0 Å². The van der Waals surface area contributed by atoms with Gasteiger partial charge in [-0.05, 0) is 37.9 Å². The summed E-state index contributed by atoms with van der Waals surface area (Å²) in [5, 5.41) is 16.0. The summed E-state index contributed by atoms with van der Waals surface area (Å²) >= 11 is 0.